The van der Waals surface area contributed by atoms with Gasteiger partial charge in [0.2, 0.25) is 0 Å². The summed E-state index contributed by atoms with van der Waals surface area (Å²) in [4.78, 5) is 0. The molecule has 0 fully saturated rings. The summed E-state index contributed by atoms with van der Waals surface area (Å²) in [5.41, 5.74) is 2.00. The van der Waals surface area contributed by atoms with Gasteiger partial charge >= 0.3 is 0 Å². The number of hydrogen-bond donors (Lipinski definition) is 2. The van der Waals surface area contributed by atoms with Crippen molar-refractivity contribution >= 4 is 40.4 Å². The number of halogens is 1. The maximum Gasteiger partial charge on any atom is 0.176 e. The highest BCUT2D eigenvalue weighted by molar-refractivity contribution is 7.80. The zero-order valence-electron chi connectivity index (χ0n) is 13.6. The van der Waals surface area contributed by atoms with E-state index >= 15 is 0 Å². The fraction of sp³-hybridized carbons (Fsp3) is 0.111. The number of methoxy groups -OCH3 is 1. The van der Waals surface area contributed by atoms with Crippen molar-refractivity contribution in [3.63, 3.8) is 0 Å². The van der Waals surface area contributed by atoms with Crippen molar-refractivity contribution in [3.8, 4) is 5.75 Å². The average Bonchev–Trinajstić information content (AvgIpc) is 3.04. The topological polar surface area (TPSA) is 51.1 Å². The van der Waals surface area contributed by atoms with Crippen LogP contribution in [0.15, 0.2) is 60.8 Å². The third-order valence-corrected chi connectivity index (χ3v) is 3.94. The van der Waals surface area contributed by atoms with E-state index in [1.807, 2.05) is 65.5 Å². The van der Waals surface area contributed by atoms with Gasteiger partial charge in [-0.1, -0.05) is 23.7 Å². The van der Waals surface area contributed by atoms with Gasteiger partial charge in [-0.15, -0.1) is 0 Å². The van der Waals surface area contributed by atoms with Crippen LogP contribution < -0.4 is 15.4 Å². The molecule has 0 aliphatic heterocycles. The Morgan fingerprint density at radius 1 is 1.08 bits per heavy atom. The molecule has 0 aliphatic carbocycles. The van der Waals surface area contributed by atoms with E-state index < -0.39 is 0 Å². The van der Waals surface area contributed by atoms with E-state index in [0.717, 1.165) is 22.0 Å². The van der Waals surface area contributed by atoms with E-state index in [-0.39, 0.29) is 0 Å². The standard InChI is InChI=1S/C18H17ClN4OS/c1-24-16-8-6-15(7-9-16)20-18(25)21-17-10-11-23(22-17)12-13-2-4-14(19)5-3-13/h2-11H,12H2,1H3,(H2,20,21,22,25). The predicted octanol–water partition coefficient (Wildman–Crippen LogP) is 4.40. The number of benzene rings is 2. The van der Waals surface area contributed by atoms with Gasteiger partial charge in [-0.3, -0.25) is 4.68 Å². The highest BCUT2D eigenvalue weighted by Gasteiger charge is 2.03. The Morgan fingerprint density at radius 2 is 1.80 bits per heavy atom. The molecule has 25 heavy (non-hydrogen) atoms. The van der Waals surface area contributed by atoms with Gasteiger partial charge < -0.3 is 15.4 Å². The number of aromatic nitrogens is 2. The molecule has 1 aromatic heterocycles. The van der Waals surface area contributed by atoms with E-state index in [1.54, 1.807) is 7.11 Å². The summed E-state index contributed by atoms with van der Waals surface area (Å²) in [6, 6.07) is 17.1. The van der Waals surface area contributed by atoms with Crippen LogP contribution in [0.2, 0.25) is 5.02 Å². The fourth-order valence-corrected chi connectivity index (χ4v) is 2.59. The van der Waals surface area contributed by atoms with Gasteiger partial charge in [0.1, 0.15) is 5.75 Å². The molecule has 5 nitrogen and oxygen atoms in total. The van der Waals surface area contributed by atoms with Crippen molar-refractivity contribution < 1.29 is 4.74 Å². The molecule has 0 amide bonds. The Morgan fingerprint density at radius 3 is 2.48 bits per heavy atom. The molecule has 7 heteroatoms. The Bertz CT molecular complexity index is 846. The Balaban J connectivity index is 1.56. The smallest absolute Gasteiger partial charge is 0.176 e. The lowest BCUT2D eigenvalue weighted by atomic mass is 10.2. The Kier molecular flexibility index (Phi) is 5.53. The van der Waals surface area contributed by atoms with Crippen molar-refractivity contribution in [2.75, 3.05) is 17.7 Å². The zero-order chi connectivity index (χ0) is 17.6. The van der Waals surface area contributed by atoms with Gasteiger partial charge in [0.25, 0.3) is 0 Å². The minimum Gasteiger partial charge on any atom is -0.497 e. The minimum absolute atomic E-state index is 0.474. The van der Waals surface area contributed by atoms with Crippen LogP contribution in [0.25, 0.3) is 0 Å². The Labute approximate surface area is 156 Å². The number of thiocarbonyl (C=S) groups is 1. The molecule has 0 spiro atoms. The van der Waals surface area contributed by atoms with Gasteiger partial charge in [-0.2, -0.15) is 5.10 Å². The summed E-state index contributed by atoms with van der Waals surface area (Å²) < 4.78 is 6.97. The third-order valence-electron chi connectivity index (χ3n) is 3.49. The van der Waals surface area contributed by atoms with Crippen LogP contribution in [-0.4, -0.2) is 22.0 Å². The first kappa shape index (κ1) is 17.3. The quantitative estimate of drug-likeness (QED) is 0.650. The zero-order valence-corrected chi connectivity index (χ0v) is 15.1. The van der Waals surface area contributed by atoms with Crippen LogP contribution in [0.3, 0.4) is 0 Å². The number of anilines is 2. The average molecular weight is 373 g/mol. The second-order valence-corrected chi connectivity index (χ2v) is 6.18. The first-order valence-corrected chi connectivity index (χ1v) is 8.41. The lowest BCUT2D eigenvalue weighted by molar-refractivity contribution is 0.415. The highest BCUT2D eigenvalue weighted by Crippen LogP contribution is 2.15. The lowest BCUT2D eigenvalue weighted by Gasteiger charge is -2.09. The lowest BCUT2D eigenvalue weighted by Crippen LogP contribution is -2.19. The molecular weight excluding hydrogens is 356 g/mol. The second kappa shape index (κ2) is 8.00. The van der Waals surface area contributed by atoms with Crippen molar-refractivity contribution in [2.24, 2.45) is 0 Å². The van der Waals surface area contributed by atoms with Crippen LogP contribution in [0.1, 0.15) is 5.56 Å². The number of hydrogen-bond acceptors (Lipinski definition) is 3. The second-order valence-electron chi connectivity index (χ2n) is 5.33. The van der Waals surface area contributed by atoms with E-state index in [1.165, 1.54) is 0 Å². The van der Waals surface area contributed by atoms with Crippen molar-refractivity contribution in [1.82, 2.24) is 9.78 Å². The fourth-order valence-electron chi connectivity index (χ4n) is 2.25. The van der Waals surface area contributed by atoms with Crippen LogP contribution in [0, 0.1) is 0 Å². The van der Waals surface area contributed by atoms with E-state index in [9.17, 15) is 0 Å². The maximum atomic E-state index is 5.90. The first-order chi connectivity index (χ1) is 12.1. The van der Waals surface area contributed by atoms with E-state index in [2.05, 4.69) is 15.7 Å². The molecule has 0 unspecified atom stereocenters. The molecule has 0 saturated carbocycles. The van der Waals surface area contributed by atoms with Crippen LogP contribution in [-0.2, 0) is 6.54 Å². The number of rotatable bonds is 5. The van der Waals surface area contributed by atoms with Crippen molar-refractivity contribution in [2.45, 2.75) is 6.54 Å². The molecule has 3 rings (SSSR count). The molecule has 2 aromatic carbocycles. The molecule has 128 valence electrons. The summed E-state index contributed by atoms with van der Waals surface area (Å²) in [7, 11) is 1.63. The van der Waals surface area contributed by atoms with E-state index in [4.69, 9.17) is 28.6 Å². The normalized spacial score (nSPS) is 10.3. The van der Waals surface area contributed by atoms with Gasteiger partial charge in [0.05, 0.1) is 13.7 Å². The van der Waals surface area contributed by atoms with Crippen molar-refractivity contribution in [1.29, 1.82) is 0 Å². The summed E-state index contributed by atoms with van der Waals surface area (Å²) in [6.45, 7) is 0.664. The summed E-state index contributed by atoms with van der Waals surface area (Å²) in [6.07, 6.45) is 1.90. The molecule has 1 heterocycles. The summed E-state index contributed by atoms with van der Waals surface area (Å²) in [5.74, 6) is 1.48. The van der Waals surface area contributed by atoms with Gasteiger partial charge in [0, 0.05) is 23.0 Å². The number of ether oxygens (including phenoxy) is 1. The summed E-state index contributed by atoms with van der Waals surface area (Å²) in [5, 5.41) is 11.8. The molecule has 3 aromatic rings. The largest absolute Gasteiger partial charge is 0.497 e. The monoisotopic (exact) mass is 372 g/mol. The SMILES string of the molecule is COc1ccc(NC(=S)Nc2ccn(Cc3ccc(Cl)cc3)n2)cc1. The molecule has 0 saturated heterocycles. The number of nitrogens with one attached hydrogen (secondary N) is 2. The first-order valence-electron chi connectivity index (χ1n) is 7.62. The molecule has 0 bridgehead atoms. The van der Waals surface area contributed by atoms with Crippen LogP contribution >= 0.6 is 23.8 Å². The maximum absolute atomic E-state index is 5.90. The third kappa shape index (κ3) is 4.95. The molecule has 2 N–H and O–H groups in total. The highest BCUT2D eigenvalue weighted by atomic mass is 35.5. The molecule has 0 radical (unpaired) electrons. The predicted molar refractivity (Wildman–Crippen MR) is 106 cm³/mol. The van der Waals surface area contributed by atoms with E-state index in [0.29, 0.717) is 17.5 Å². The molecular formula is C18H17ClN4OS. The Hall–Kier alpha value is -2.57. The van der Waals surface area contributed by atoms with Crippen LogP contribution in [0.4, 0.5) is 11.5 Å². The number of nitrogens with zero attached hydrogens (tertiary/aromatic N) is 2. The van der Waals surface area contributed by atoms with Gasteiger partial charge in [-0.05, 0) is 54.2 Å². The van der Waals surface area contributed by atoms with Gasteiger partial charge in [0.15, 0.2) is 10.9 Å². The van der Waals surface area contributed by atoms with Gasteiger partial charge in [-0.25, -0.2) is 0 Å². The molecule has 0 atom stereocenters. The molecule has 0 aliphatic rings. The minimum atomic E-state index is 0.474. The summed E-state index contributed by atoms with van der Waals surface area (Å²) >= 11 is 11.2. The van der Waals surface area contributed by atoms with Crippen LogP contribution in [0.5, 0.6) is 5.75 Å². The van der Waals surface area contributed by atoms with Crippen molar-refractivity contribution in [3.05, 3.63) is 71.4 Å².